The Morgan fingerprint density at radius 1 is 1.26 bits per heavy atom. The molecular formula is C18H15ClN2O2. The number of hydrogen-bond acceptors (Lipinski definition) is 4. The highest BCUT2D eigenvalue weighted by Crippen LogP contribution is 2.25. The van der Waals surface area contributed by atoms with Crippen LogP contribution in [0.15, 0.2) is 42.7 Å². The quantitative estimate of drug-likeness (QED) is 0.533. The van der Waals surface area contributed by atoms with Crippen molar-refractivity contribution in [2.24, 2.45) is 0 Å². The standard InChI is InChI=1S/C18H15ClN2O2/c1-11-5-6-13-8-15(17(19)21-16(13)12(11)2)10-23-18(22)14-4-3-7-20-9-14/h3-9H,10H2,1-2H3. The van der Waals surface area contributed by atoms with E-state index in [0.717, 1.165) is 22.0 Å². The van der Waals surface area contributed by atoms with Crippen molar-refractivity contribution >= 4 is 28.5 Å². The van der Waals surface area contributed by atoms with Crippen LogP contribution in [0.3, 0.4) is 0 Å². The van der Waals surface area contributed by atoms with Crippen LogP contribution in [0, 0.1) is 13.8 Å². The number of rotatable bonds is 3. The monoisotopic (exact) mass is 326 g/mol. The van der Waals surface area contributed by atoms with Gasteiger partial charge in [0.1, 0.15) is 11.8 Å². The van der Waals surface area contributed by atoms with Crippen molar-refractivity contribution in [1.29, 1.82) is 0 Å². The van der Waals surface area contributed by atoms with Crippen LogP contribution >= 0.6 is 11.6 Å². The summed E-state index contributed by atoms with van der Waals surface area (Å²) in [5.74, 6) is -0.436. The van der Waals surface area contributed by atoms with Gasteiger partial charge in [-0.15, -0.1) is 0 Å². The summed E-state index contributed by atoms with van der Waals surface area (Å²) < 4.78 is 5.29. The molecular weight excluding hydrogens is 312 g/mol. The van der Waals surface area contributed by atoms with Crippen molar-refractivity contribution in [3.8, 4) is 0 Å². The van der Waals surface area contributed by atoms with Gasteiger partial charge in [0.25, 0.3) is 0 Å². The van der Waals surface area contributed by atoms with Crippen molar-refractivity contribution in [3.05, 3.63) is 70.1 Å². The molecule has 0 aliphatic heterocycles. The molecule has 0 unspecified atom stereocenters. The molecule has 0 fully saturated rings. The first kappa shape index (κ1) is 15.4. The molecule has 2 aromatic heterocycles. The normalized spacial score (nSPS) is 10.7. The first-order valence-electron chi connectivity index (χ1n) is 7.19. The van der Waals surface area contributed by atoms with E-state index in [0.29, 0.717) is 16.3 Å². The van der Waals surface area contributed by atoms with E-state index in [9.17, 15) is 4.79 Å². The Hall–Kier alpha value is -2.46. The Morgan fingerprint density at radius 3 is 2.83 bits per heavy atom. The van der Waals surface area contributed by atoms with E-state index in [1.165, 1.54) is 6.20 Å². The number of pyridine rings is 2. The van der Waals surface area contributed by atoms with E-state index >= 15 is 0 Å². The zero-order chi connectivity index (χ0) is 16.4. The molecule has 1 aromatic carbocycles. The van der Waals surface area contributed by atoms with E-state index < -0.39 is 5.97 Å². The molecule has 0 saturated carbocycles. The molecule has 0 radical (unpaired) electrons. The molecule has 0 N–H and O–H groups in total. The number of hydrogen-bond donors (Lipinski definition) is 0. The van der Waals surface area contributed by atoms with Crippen LogP contribution < -0.4 is 0 Å². The summed E-state index contributed by atoms with van der Waals surface area (Å²) in [5, 5.41) is 1.33. The molecule has 3 rings (SSSR count). The van der Waals surface area contributed by atoms with Crippen LogP contribution in [-0.4, -0.2) is 15.9 Å². The summed E-state index contributed by atoms with van der Waals surface area (Å²) in [6.07, 6.45) is 3.07. The van der Waals surface area contributed by atoms with Crippen LogP contribution in [0.5, 0.6) is 0 Å². The van der Waals surface area contributed by atoms with Gasteiger partial charge in [-0.3, -0.25) is 4.98 Å². The number of fused-ring (bicyclic) bond motifs is 1. The first-order valence-corrected chi connectivity index (χ1v) is 7.56. The molecule has 0 bridgehead atoms. The lowest BCUT2D eigenvalue weighted by atomic mass is 10.0. The summed E-state index contributed by atoms with van der Waals surface area (Å²) in [6.45, 7) is 4.12. The van der Waals surface area contributed by atoms with Crippen molar-refractivity contribution < 1.29 is 9.53 Å². The highest BCUT2D eigenvalue weighted by molar-refractivity contribution is 6.30. The lowest BCUT2D eigenvalue weighted by molar-refractivity contribution is 0.0472. The van der Waals surface area contributed by atoms with Gasteiger partial charge in [-0.05, 0) is 43.2 Å². The second kappa shape index (κ2) is 6.34. The molecule has 2 heterocycles. The van der Waals surface area contributed by atoms with E-state index in [-0.39, 0.29) is 6.61 Å². The van der Waals surface area contributed by atoms with Gasteiger partial charge in [0.2, 0.25) is 0 Å². The minimum Gasteiger partial charge on any atom is -0.457 e. The predicted molar refractivity (Wildman–Crippen MR) is 89.6 cm³/mol. The third-order valence-electron chi connectivity index (χ3n) is 3.79. The maximum Gasteiger partial charge on any atom is 0.340 e. The van der Waals surface area contributed by atoms with Gasteiger partial charge in [0.15, 0.2) is 0 Å². The zero-order valence-corrected chi connectivity index (χ0v) is 13.6. The maximum absolute atomic E-state index is 12.0. The van der Waals surface area contributed by atoms with Gasteiger partial charge in [0.05, 0.1) is 11.1 Å². The lowest BCUT2D eigenvalue weighted by Crippen LogP contribution is -2.06. The fourth-order valence-electron chi connectivity index (χ4n) is 2.32. The number of nitrogens with zero attached hydrogens (tertiary/aromatic N) is 2. The highest BCUT2D eigenvalue weighted by Gasteiger charge is 2.12. The molecule has 23 heavy (non-hydrogen) atoms. The largest absolute Gasteiger partial charge is 0.457 e. The zero-order valence-electron chi connectivity index (χ0n) is 12.8. The average Bonchev–Trinajstić information content (AvgIpc) is 2.57. The van der Waals surface area contributed by atoms with Crippen LogP contribution in [0.25, 0.3) is 10.9 Å². The van der Waals surface area contributed by atoms with E-state index in [1.54, 1.807) is 18.3 Å². The summed E-state index contributed by atoms with van der Waals surface area (Å²) in [6, 6.07) is 9.29. The number of aromatic nitrogens is 2. The van der Waals surface area contributed by atoms with Crippen LogP contribution in [0.4, 0.5) is 0 Å². The van der Waals surface area contributed by atoms with E-state index in [1.807, 2.05) is 32.0 Å². The van der Waals surface area contributed by atoms with E-state index in [2.05, 4.69) is 9.97 Å². The van der Waals surface area contributed by atoms with E-state index in [4.69, 9.17) is 16.3 Å². The SMILES string of the molecule is Cc1ccc2cc(COC(=O)c3cccnc3)c(Cl)nc2c1C. The molecule has 0 aliphatic rings. The Balaban J connectivity index is 1.85. The number of carbonyl (C=O) groups excluding carboxylic acids is 1. The molecule has 4 nitrogen and oxygen atoms in total. The molecule has 0 amide bonds. The van der Waals surface area contributed by atoms with Crippen LogP contribution in [-0.2, 0) is 11.3 Å². The minimum atomic E-state index is -0.436. The maximum atomic E-state index is 12.0. The molecule has 0 aliphatic carbocycles. The van der Waals surface area contributed by atoms with Gasteiger partial charge < -0.3 is 4.74 Å². The Bertz CT molecular complexity index is 879. The Labute approximate surface area is 139 Å². The fourth-order valence-corrected chi connectivity index (χ4v) is 2.51. The number of carbonyl (C=O) groups is 1. The van der Waals surface area contributed by atoms with Crippen molar-refractivity contribution in [1.82, 2.24) is 9.97 Å². The summed E-state index contributed by atoms with van der Waals surface area (Å²) in [4.78, 5) is 20.3. The van der Waals surface area contributed by atoms with Crippen molar-refractivity contribution in [2.75, 3.05) is 0 Å². The van der Waals surface area contributed by atoms with Gasteiger partial charge in [-0.25, -0.2) is 9.78 Å². The predicted octanol–water partition coefficient (Wildman–Crippen LogP) is 4.26. The number of ether oxygens (including phenoxy) is 1. The number of aryl methyl sites for hydroxylation is 2. The molecule has 116 valence electrons. The number of halogens is 1. The fraction of sp³-hybridized carbons (Fsp3) is 0.167. The third kappa shape index (κ3) is 3.17. The van der Waals surface area contributed by atoms with Crippen molar-refractivity contribution in [2.45, 2.75) is 20.5 Å². The number of esters is 1. The third-order valence-corrected chi connectivity index (χ3v) is 4.12. The van der Waals surface area contributed by atoms with Gasteiger partial charge in [-0.1, -0.05) is 23.7 Å². The Morgan fingerprint density at radius 2 is 2.09 bits per heavy atom. The summed E-state index contributed by atoms with van der Waals surface area (Å²) >= 11 is 6.24. The minimum absolute atomic E-state index is 0.0719. The Kier molecular flexibility index (Phi) is 4.26. The first-order chi connectivity index (χ1) is 11.1. The molecule has 5 heteroatoms. The van der Waals surface area contributed by atoms with Gasteiger partial charge >= 0.3 is 5.97 Å². The smallest absolute Gasteiger partial charge is 0.340 e. The number of benzene rings is 1. The van der Waals surface area contributed by atoms with Gasteiger partial charge in [0, 0.05) is 23.3 Å². The van der Waals surface area contributed by atoms with Gasteiger partial charge in [-0.2, -0.15) is 0 Å². The second-order valence-corrected chi connectivity index (χ2v) is 5.69. The highest BCUT2D eigenvalue weighted by atomic mass is 35.5. The molecule has 3 aromatic rings. The molecule has 0 spiro atoms. The topological polar surface area (TPSA) is 52.1 Å². The second-order valence-electron chi connectivity index (χ2n) is 5.34. The lowest BCUT2D eigenvalue weighted by Gasteiger charge is -2.10. The summed E-state index contributed by atoms with van der Waals surface area (Å²) in [5.41, 5.74) is 4.22. The molecule has 0 atom stereocenters. The van der Waals surface area contributed by atoms with Crippen molar-refractivity contribution in [3.63, 3.8) is 0 Å². The molecule has 0 saturated heterocycles. The average molecular weight is 327 g/mol. The van der Waals surface area contributed by atoms with Crippen LogP contribution in [0.2, 0.25) is 5.15 Å². The van der Waals surface area contributed by atoms with Crippen LogP contribution in [0.1, 0.15) is 27.0 Å². The summed E-state index contributed by atoms with van der Waals surface area (Å²) in [7, 11) is 0.